The molecule has 0 atom stereocenters. The molecule has 3 rings (SSSR count). The van der Waals surface area contributed by atoms with Crippen LogP contribution in [0.25, 0.3) is 0 Å². The maximum absolute atomic E-state index is 13.0. The zero-order chi connectivity index (χ0) is 23.3. The van der Waals surface area contributed by atoms with Crippen molar-refractivity contribution in [3.05, 3.63) is 89.5 Å². The van der Waals surface area contributed by atoms with Crippen molar-refractivity contribution in [2.24, 2.45) is 0 Å². The molecule has 7 nitrogen and oxygen atoms in total. The quantitative estimate of drug-likeness (QED) is 0.377. The van der Waals surface area contributed by atoms with Crippen molar-refractivity contribution in [3.8, 4) is 5.75 Å². The fraction of sp³-hybridized carbons (Fsp3) is 0.167. The number of benzene rings is 3. The van der Waals surface area contributed by atoms with Gasteiger partial charge in [0.2, 0.25) is 0 Å². The van der Waals surface area contributed by atoms with Gasteiger partial charge in [-0.3, -0.25) is 9.10 Å². The van der Waals surface area contributed by atoms with Crippen molar-refractivity contribution < 1.29 is 27.5 Å². The van der Waals surface area contributed by atoms with Gasteiger partial charge in [0.25, 0.3) is 10.0 Å². The van der Waals surface area contributed by atoms with Crippen molar-refractivity contribution in [1.29, 1.82) is 0 Å². The predicted octanol–water partition coefficient (Wildman–Crippen LogP) is 4.08. The highest BCUT2D eigenvalue weighted by Crippen LogP contribution is 2.24. The molecule has 0 radical (unpaired) electrons. The molecule has 0 aromatic heterocycles. The summed E-state index contributed by atoms with van der Waals surface area (Å²) in [5, 5.41) is 0. The summed E-state index contributed by atoms with van der Waals surface area (Å²) in [6, 6.07) is 19.2. The number of methoxy groups -OCH3 is 1. The van der Waals surface area contributed by atoms with Gasteiger partial charge < -0.3 is 9.47 Å². The van der Waals surface area contributed by atoms with Gasteiger partial charge in [-0.15, -0.1) is 0 Å². The minimum atomic E-state index is -3.87. The van der Waals surface area contributed by atoms with Crippen molar-refractivity contribution in [1.82, 2.24) is 0 Å². The van der Waals surface area contributed by atoms with Crippen LogP contribution in [0.4, 0.5) is 5.69 Å². The first-order chi connectivity index (χ1) is 15.2. The Morgan fingerprint density at radius 3 is 2.28 bits per heavy atom. The number of sulfonamides is 1. The fourth-order valence-electron chi connectivity index (χ4n) is 3.06. The van der Waals surface area contributed by atoms with Crippen LogP contribution < -0.4 is 9.04 Å². The lowest BCUT2D eigenvalue weighted by atomic mass is 10.1. The topological polar surface area (TPSA) is 90.0 Å². The monoisotopic (exact) mass is 453 g/mol. The van der Waals surface area contributed by atoms with Crippen LogP contribution in [0.3, 0.4) is 0 Å². The van der Waals surface area contributed by atoms with Crippen LogP contribution in [0.15, 0.2) is 77.7 Å². The predicted molar refractivity (Wildman–Crippen MR) is 121 cm³/mol. The number of hydrogen-bond donors (Lipinski definition) is 0. The van der Waals surface area contributed by atoms with Crippen molar-refractivity contribution in [2.75, 3.05) is 18.5 Å². The molecule has 0 aliphatic rings. The van der Waals surface area contributed by atoms with E-state index >= 15 is 0 Å². The average Bonchev–Trinajstić information content (AvgIpc) is 2.82. The van der Waals surface area contributed by atoms with E-state index < -0.39 is 16.0 Å². The summed E-state index contributed by atoms with van der Waals surface area (Å²) in [5.74, 6) is -0.344. The van der Waals surface area contributed by atoms with E-state index in [1.165, 1.54) is 45.3 Å². The molecule has 0 bridgehead atoms. The molecule has 0 saturated heterocycles. The fourth-order valence-corrected chi connectivity index (χ4v) is 4.30. The van der Waals surface area contributed by atoms with Crippen molar-refractivity contribution >= 4 is 27.5 Å². The number of esters is 1. The lowest BCUT2D eigenvalue weighted by Gasteiger charge is -2.19. The first-order valence-electron chi connectivity index (χ1n) is 9.73. The largest absolute Gasteiger partial charge is 0.496 e. The summed E-state index contributed by atoms with van der Waals surface area (Å²) in [4.78, 5) is 24.2. The van der Waals surface area contributed by atoms with E-state index in [2.05, 4.69) is 0 Å². The molecule has 0 fully saturated rings. The Morgan fingerprint density at radius 1 is 0.906 bits per heavy atom. The Bertz CT molecular complexity index is 1240. The second-order valence-corrected chi connectivity index (χ2v) is 8.96. The number of ketones is 1. The van der Waals surface area contributed by atoms with Gasteiger partial charge >= 0.3 is 5.97 Å². The third-order valence-corrected chi connectivity index (χ3v) is 6.68. The molecule has 0 heterocycles. The zero-order valence-corrected chi connectivity index (χ0v) is 18.8. The minimum absolute atomic E-state index is 0.0329. The summed E-state index contributed by atoms with van der Waals surface area (Å²) in [7, 11) is -0.947. The highest BCUT2D eigenvalue weighted by atomic mass is 32.2. The smallest absolute Gasteiger partial charge is 0.338 e. The van der Waals surface area contributed by atoms with Gasteiger partial charge in [-0.1, -0.05) is 24.3 Å². The Balaban J connectivity index is 1.80. The number of anilines is 1. The van der Waals surface area contributed by atoms with Crippen LogP contribution in [0, 0.1) is 0 Å². The molecular weight excluding hydrogens is 430 g/mol. The molecule has 0 saturated carbocycles. The number of ether oxygens (including phenoxy) is 2. The second-order valence-electron chi connectivity index (χ2n) is 6.99. The summed E-state index contributed by atoms with van der Waals surface area (Å²) >= 11 is 0. The van der Waals surface area contributed by atoms with Gasteiger partial charge in [-0.2, -0.15) is 0 Å². The van der Waals surface area contributed by atoms with Crippen LogP contribution in [-0.4, -0.2) is 34.3 Å². The molecule has 3 aromatic carbocycles. The summed E-state index contributed by atoms with van der Waals surface area (Å²) in [6.45, 7) is 1.31. The number of para-hydroxylation sites is 1. The number of carbonyl (C=O) groups is 2. The summed E-state index contributed by atoms with van der Waals surface area (Å²) in [5.41, 5.74) is 1.59. The molecule has 0 spiro atoms. The molecule has 0 aliphatic heterocycles. The van der Waals surface area contributed by atoms with E-state index in [9.17, 15) is 18.0 Å². The standard InChI is InChI=1S/C24H23NO6S/c1-17(26)18-12-13-23(30-3)20(14-18)16-31-24(27)19-8-7-11-22(15-19)32(28,29)25(2)21-9-5-4-6-10-21/h4-15H,16H2,1-3H3. The minimum Gasteiger partial charge on any atom is -0.496 e. The zero-order valence-electron chi connectivity index (χ0n) is 17.9. The molecule has 0 amide bonds. The van der Waals surface area contributed by atoms with E-state index in [0.29, 0.717) is 22.6 Å². The van der Waals surface area contributed by atoms with Crippen LogP contribution >= 0.6 is 0 Å². The Labute approximate surface area is 187 Å². The molecule has 8 heteroatoms. The van der Waals surface area contributed by atoms with Crippen LogP contribution in [0.1, 0.15) is 33.2 Å². The normalized spacial score (nSPS) is 11.0. The Kier molecular flexibility index (Phi) is 6.95. The number of nitrogens with zero attached hydrogens (tertiary/aromatic N) is 1. The van der Waals surface area contributed by atoms with Gasteiger partial charge in [0.15, 0.2) is 5.78 Å². The highest BCUT2D eigenvalue weighted by Gasteiger charge is 2.23. The SMILES string of the molecule is COc1ccc(C(C)=O)cc1COC(=O)c1cccc(S(=O)(=O)N(C)c2ccccc2)c1. The molecule has 0 unspecified atom stereocenters. The van der Waals surface area contributed by atoms with Crippen LogP contribution in [0.2, 0.25) is 0 Å². The van der Waals surface area contributed by atoms with Gasteiger partial charge in [0, 0.05) is 18.2 Å². The maximum Gasteiger partial charge on any atom is 0.338 e. The number of rotatable bonds is 8. The van der Waals surface area contributed by atoms with Gasteiger partial charge in [-0.25, -0.2) is 13.2 Å². The van der Waals surface area contributed by atoms with Gasteiger partial charge in [-0.05, 0) is 55.5 Å². The van der Waals surface area contributed by atoms with E-state index in [1.807, 2.05) is 0 Å². The second kappa shape index (κ2) is 9.65. The van der Waals surface area contributed by atoms with Crippen molar-refractivity contribution in [2.45, 2.75) is 18.4 Å². The Hall–Kier alpha value is -3.65. The summed E-state index contributed by atoms with van der Waals surface area (Å²) in [6.07, 6.45) is 0. The van der Waals surface area contributed by atoms with Crippen LogP contribution in [-0.2, 0) is 21.4 Å². The molecule has 0 N–H and O–H groups in total. The number of Topliss-reactive ketones (excluding diaryl/α,β-unsaturated/α-hetero) is 1. The average molecular weight is 454 g/mol. The lowest BCUT2D eigenvalue weighted by Crippen LogP contribution is -2.26. The van der Waals surface area contributed by atoms with Gasteiger partial charge in [0.1, 0.15) is 12.4 Å². The van der Waals surface area contributed by atoms with E-state index in [1.54, 1.807) is 48.5 Å². The van der Waals surface area contributed by atoms with E-state index in [4.69, 9.17) is 9.47 Å². The van der Waals surface area contributed by atoms with Crippen molar-refractivity contribution in [3.63, 3.8) is 0 Å². The first-order valence-corrected chi connectivity index (χ1v) is 11.2. The first kappa shape index (κ1) is 23.0. The summed E-state index contributed by atoms with van der Waals surface area (Å²) < 4.78 is 37.8. The van der Waals surface area contributed by atoms with E-state index in [0.717, 1.165) is 4.31 Å². The van der Waals surface area contributed by atoms with Crippen LogP contribution in [0.5, 0.6) is 5.75 Å². The molecule has 3 aromatic rings. The van der Waals surface area contributed by atoms with Gasteiger partial charge in [0.05, 0.1) is 23.3 Å². The van der Waals surface area contributed by atoms with E-state index in [-0.39, 0.29) is 22.8 Å². The third kappa shape index (κ3) is 4.97. The maximum atomic E-state index is 13.0. The molecule has 32 heavy (non-hydrogen) atoms. The molecule has 166 valence electrons. The highest BCUT2D eigenvalue weighted by molar-refractivity contribution is 7.92. The molecule has 0 aliphatic carbocycles. The Morgan fingerprint density at radius 2 is 1.62 bits per heavy atom. The number of hydrogen-bond acceptors (Lipinski definition) is 6. The third-order valence-electron chi connectivity index (χ3n) is 4.89. The lowest BCUT2D eigenvalue weighted by molar-refractivity contribution is 0.0470. The molecular formula is C24H23NO6S. The number of carbonyl (C=O) groups excluding carboxylic acids is 2.